The summed E-state index contributed by atoms with van der Waals surface area (Å²) < 4.78 is 0. The number of allylic oxidation sites excluding steroid dienone is 1. The number of fused-ring (bicyclic) bond motifs is 5. The number of aliphatic hydroxyl groups is 3. The Kier molecular flexibility index (Phi) is 6.32. The molecule has 6 N–H and O–H groups in total. The average molecular weight is 541 g/mol. The van der Waals surface area contributed by atoms with E-state index in [0.29, 0.717) is 12.1 Å². The van der Waals surface area contributed by atoms with Crippen molar-refractivity contribution < 1.29 is 34.8 Å². The summed E-state index contributed by atoms with van der Waals surface area (Å²) in [5.74, 6) is -6.41. The van der Waals surface area contributed by atoms with Gasteiger partial charge in [-0.25, -0.2) is 0 Å². The molecule has 1 aliphatic heterocycles. The van der Waals surface area contributed by atoms with Crippen LogP contribution in [0.25, 0.3) is 0 Å². The van der Waals surface area contributed by atoms with Gasteiger partial charge in [-0.05, 0) is 70.1 Å². The number of carbonyl (C=O) groups excluding carboxylic acids is 3. The minimum Gasteiger partial charge on any atom is -0.510 e. The van der Waals surface area contributed by atoms with Crippen LogP contribution in [0.5, 0.6) is 5.75 Å². The lowest BCUT2D eigenvalue weighted by atomic mass is 9.58. The number of amides is 1. The van der Waals surface area contributed by atoms with Crippen molar-refractivity contribution in [3.8, 4) is 5.75 Å². The van der Waals surface area contributed by atoms with Crippen molar-refractivity contribution in [1.29, 1.82) is 0 Å². The number of aromatic hydroxyl groups is 1. The number of nitrogens with two attached hydrogens (primary N) is 1. The zero-order valence-electron chi connectivity index (χ0n) is 22.9. The Morgan fingerprint density at radius 1 is 1.21 bits per heavy atom. The molecule has 1 aromatic rings. The highest BCUT2D eigenvalue weighted by Gasteiger charge is 2.63. The van der Waals surface area contributed by atoms with Crippen molar-refractivity contribution in [3.05, 3.63) is 45.4 Å². The van der Waals surface area contributed by atoms with Crippen LogP contribution < -0.4 is 10.6 Å². The van der Waals surface area contributed by atoms with E-state index in [1.54, 1.807) is 18.0 Å². The van der Waals surface area contributed by atoms with E-state index < -0.39 is 58.0 Å². The van der Waals surface area contributed by atoms with Crippen LogP contribution >= 0.6 is 0 Å². The monoisotopic (exact) mass is 540 g/mol. The molecule has 11 nitrogen and oxygen atoms in total. The molecule has 39 heavy (non-hydrogen) atoms. The van der Waals surface area contributed by atoms with E-state index in [1.807, 2.05) is 28.1 Å². The third-order valence-electron chi connectivity index (χ3n) is 9.24. The highest BCUT2D eigenvalue weighted by molar-refractivity contribution is 6.25. The van der Waals surface area contributed by atoms with E-state index in [1.165, 1.54) is 0 Å². The quantitative estimate of drug-likeness (QED) is 0.347. The number of rotatable bonds is 4. The Morgan fingerprint density at radius 3 is 2.46 bits per heavy atom. The molecule has 1 unspecified atom stereocenters. The number of benzene rings is 1. The van der Waals surface area contributed by atoms with Crippen LogP contribution in [0.15, 0.2) is 28.7 Å². The first-order valence-electron chi connectivity index (χ1n) is 13.2. The summed E-state index contributed by atoms with van der Waals surface area (Å²) in [7, 11) is 7.54. The first-order chi connectivity index (χ1) is 18.3. The Hall–Kier alpha value is -3.41. The number of primary amides is 1. The van der Waals surface area contributed by atoms with Gasteiger partial charge >= 0.3 is 0 Å². The molecule has 4 aliphatic rings. The van der Waals surface area contributed by atoms with Gasteiger partial charge in [0.15, 0.2) is 11.4 Å². The van der Waals surface area contributed by atoms with Crippen LogP contribution in [-0.2, 0) is 16.0 Å². The number of carbonyl (C=O) groups is 3. The maximum Gasteiger partial charge on any atom is 0.255 e. The predicted octanol–water partition coefficient (Wildman–Crippen LogP) is 0.953. The number of likely N-dealkylation sites (N-methyl/N-ethyl adjacent to an activating group) is 1. The largest absolute Gasteiger partial charge is 0.510 e. The Morgan fingerprint density at radius 2 is 1.87 bits per heavy atom. The van der Waals surface area contributed by atoms with Crippen LogP contribution in [0.2, 0.25) is 0 Å². The first-order valence-corrected chi connectivity index (χ1v) is 13.2. The number of phenols is 1. The van der Waals surface area contributed by atoms with Gasteiger partial charge < -0.3 is 36.0 Å². The maximum atomic E-state index is 14.0. The van der Waals surface area contributed by atoms with Crippen LogP contribution in [0.1, 0.15) is 47.3 Å². The lowest BCUT2D eigenvalue weighted by Gasteiger charge is -2.50. The molecule has 3 aliphatic carbocycles. The Labute approximate surface area is 226 Å². The molecule has 0 radical (unpaired) electrons. The third kappa shape index (κ3) is 3.56. The van der Waals surface area contributed by atoms with Crippen molar-refractivity contribution in [1.82, 2.24) is 9.80 Å². The van der Waals surface area contributed by atoms with Gasteiger partial charge in [0, 0.05) is 36.8 Å². The highest BCUT2D eigenvalue weighted by Crippen LogP contribution is 2.54. The van der Waals surface area contributed by atoms with E-state index in [4.69, 9.17) is 5.73 Å². The van der Waals surface area contributed by atoms with Gasteiger partial charge in [-0.3, -0.25) is 19.3 Å². The highest BCUT2D eigenvalue weighted by atomic mass is 16.3. The van der Waals surface area contributed by atoms with Crippen molar-refractivity contribution in [2.24, 2.45) is 17.6 Å². The fourth-order valence-corrected chi connectivity index (χ4v) is 7.27. The van der Waals surface area contributed by atoms with Crippen molar-refractivity contribution >= 4 is 23.2 Å². The number of ketones is 2. The molecule has 1 aromatic carbocycles. The molecule has 0 saturated carbocycles. The average Bonchev–Trinajstić information content (AvgIpc) is 2.85. The van der Waals surface area contributed by atoms with Crippen LogP contribution in [0.3, 0.4) is 0 Å². The van der Waals surface area contributed by atoms with Gasteiger partial charge in [0.25, 0.3) is 5.91 Å². The lowest BCUT2D eigenvalue weighted by Crippen LogP contribution is -2.64. The number of hydrogen-bond donors (Lipinski definition) is 5. The normalized spacial score (nSPS) is 30.4. The topological polar surface area (TPSA) is 168 Å². The number of Topliss-reactive ketones (excluding diaryl/α,β-unsaturated/α-hetero) is 2. The molecule has 1 heterocycles. The summed E-state index contributed by atoms with van der Waals surface area (Å²) in [6, 6.07) is 0.630. The molecule has 210 valence electrons. The molecular weight excluding hydrogens is 504 g/mol. The van der Waals surface area contributed by atoms with Crippen LogP contribution in [0.4, 0.5) is 5.69 Å². The molecule has 0 fully saturated rings. The smallest absolute Gasteiger partial charge is 0.255 e. The lowest BCUT2D eigenvalue weighted by molar-refractivity contribution is -0.148. The Bertz CT molecular complexity index is 1370. The standard InChI is InChI=1S/C28H36N4O7/c1-6-31(4)22-15-10-12-9-14-19(17(33)11-13-16(30(2)3)7-8-32(5)21(13)14)23(34)18(12)25(36)28(15,39)26(37)20(24(22)35)27(29)38/h11-12,15-16,22,33,35-36,39H,6-10H2,1-5H3,(H2,29,38)/t12-,15-,16?,22-,28-/m0/s1. The van der Waals surface area contributed by atoms with Crippen molar-refractivity contribution in [3.63, 3.8) is 0 Å². The summed E-state index contributed by atoms with van der Waals surface area (Å²) >= 11 is 0. The zero-order valence-corrected chi connectivity index (χ0v) is 22.9. The van der Waals surface area contributed by atoms with Gasteiger partial charge in [0.2, 0.25) is 5.78 Å². The number of phenolic OH excluding ortho intramolecular Hbond substituents is 1. The van der Waals surface area contributed by atoms with Gasteiger partial charge in [-0.15, -0.1) is 0 Å². The van der Waals surface area contributed by atoms with Crippen LogP contribution in [-0.4, -0.2) is 101 Å². The molecule has 0 spiro atoms. The summed E-state index contributed by atoms with van der Waals surface area (Å²) in [6.45, 7) is 2.95. The fraction of sp³-hybridized carbons (Fsp3) is 0.536. The number of nitrogens with zero attached hydrogens (tertiary/aromatic N) is 3. The van der Waals surface area contributed by atoms with E-state index in [-0.39, 0.29) is 35.8 Å². The molecule has 11 heteroatoms. The summed E-state index contributed by atoms with van der Waals surface area (Å²) in [5, 5.41) is 45.4. The van der Waals surface area contributed by atoms with Gasteiger partial charge in [0.1, 0.15) is 22.8 Å². The van der Waals surface area contributed by atoms with E-state index >= 15 is 0 Å². The molecule has 5 atom stereocenters. The summed E-state index contributed by atoms with van der Waals surface area (Å²) in [5.41, 5.74) is 4.30. The Balaban J connectivity index is 1.73. The third-order valence-corrected chi connectivity index (χ3v) is 9.24. The summed E-state index contributed by atoms with van der Waals surface area (Å²) in [6.07, 6.45) is 1.19. The molecule has 0 saturated heterocycles. The molecule has 0 bridgehead atoms. The summed E-state index contributed by atoms with van der Waals surface area (Å²) in [4.78, 5) is 45.5. The molecular formula is C28H36N4O7. The van der Waals surface area contributed by atoms with Crippen molar-refractivity contribution in [2.45, 2.75) is 43.9 Å². The number of anilines is 1. The van der Waals surface area contributed by atoms with Crippen molar-refractivity contribution in [2.75, 3.05) is 46.2 Å². The van der Waals surface area contributed by atoms with E-state index in [2.05, 4.69) is 9.80 Å². The second-order valence-electron chi connectivity index (χ2n) is 11.4. The van der Waals surface area contributed by atoms with Gasteiger partial charge in [-0.1, -0.05) is 6.92 Å². The van der Waals surface area contributed by atoms with Gasteiger partial charge in [-0.2, -0.15) is 0 Å². The second kappa shape index (κ2) is 9.07. The minimum absolute atomic E-state index is 0.0390. The number of aliphatic hydroxyl groups excluding tert-OH is 2. The zero-order chi connectivity index (χ0) is 28.7. The minimum atomic E-state index is -2.64. The van der Waals surface area contributed by atoms with Gasteiger partial charge in [0.05, 0.1) is 11.6 Å². The molecule has 0 aromatic heterocycles. The maximum absolute atomic E-state index is 14.0. The molecule has 5 rings (SSSR count). The predicted molar refractivity (Wildman–Crippen MR) is 143 cm³/mol. The number of hydrogen-bond acceptors (Lipinski definition) is 10. The first kappa shape index (κ1) is 27.2. The fourth-order valence-electron chi connectivity index (χ4n) is 7.27. The van der Waals surface area contributed by atoms with E-state index in [9.17, 15) is 34.8 Å². The molecule has 1 amide bonds. The van der Waals surface area contributed by atoms with E-state index in [0.717, 1.165) is 24.2 Å². The van der Waals surface area contributed by atoms with Crippen LogP contribution in [0, 0.1) is 11.8 Å². The SMILES string of the molecule is CCN(C)[C@@H]1C(O)=C(C(N)=O)C(=O)[C@@]2(O)C(O)=C3C(=O)c4c(O)cc5c(c4C[C@H]3C[C@@H]12)N(C)CCC5N(C)C. The second-order valence-corrected chi connectivity index (χ2v) is 11.4.